The van der Waals surface area contributed by atoms with Gasteiger partial charge in [-0.05, 0) is 53.1 Å². The molecule has 0 N–H and O–H groups in total. The lowest BCUT2D eigenvalue weighted by atomic mass is 10.2. The molecular formula is C20H20N2O2S. The van der Waals surface area contributed by atoms with Crippen molar-refractivity contribution < 1.29 is 9.53 Å². The van der Waals surface area contributed by atoms with Gasteiger partial charge in [0.05, 0.1) is 12.2 Å². The van der Waals surface area contributed by atoms with Crippen LogP contribution in [-0.4, -0.2) is 22.4 Å². The van der Waals surface area contributed by atoms with Crippen LogP contribution < -0.4 is 4.74 Å². The molecule has 0 aliphatic carbocycles. The van der Waals surface area contributed by atoms with Gasteiger partial charge in [0.1, 0.15) is 5.75 Å². The monoisotopic (exact) mass is 352 g/mol. The number of pyridine rings is 1. The van der Waals surface area contributed by atoms with Crippen molar-refractivity contribution in [3.8, 4) is 5.75 Å². The van der Waals surface area contributed by atoms with Crippen LogP contribution in [0.4, 0.5) is 0 Å². The van der Waals surface area contributed by atoms with Crippen LogP contribution in [0.5, 0.6) is 5.75 Å². The van der Waals surface area contributed by atoms with Gasteiger partial charge in [0.15, 0.2) is 6.61 Å². The number of carbonyl (C=O) groups is 1. The summed E-state index contributed by atoms with van der Waals surface area (Å²) in [5, 5.41) is 4.07. The summed E-state index contributed by atoms with van der Waals surface area (Å²) < 4.78 is 5.73. The normalized spacial score (nSPS) is 10.4. The molecule has 0 fully saturated rings. The van der Waals surface area contributed by atoms with Crippen molar-refractivity contribution in [1.29, 1.82) is 0 Å². The Bertz CT molecular complexity index is 804. The Balaban J connectivity index is 1.69. The molecule has 0 aliphatic heterocycles. The summed E-state index contributed by atoms with van der Waals surface area (Å²) >= 11 is 1.63. The molecular weight excluding hydrogens is 332 g/mol. The summed E-state index contributed by atoms with van der Waals surface area (Å²) in [6.45, 7) is 3.00. The Kier molecular flexibility index (Phi) is 5.80. The third-order valence-electron chi connectivity index (χ3n) is 3.83. The van der Waals surface area contributed by atoms with Crippen molar-refractivity contribution in [2.75, 3.05) is 6.61 Å². The van der Waals surface area contributed by atoms with E-state index >= 15 is 0 Å². The molecule has 0 saturated heterocycles. The summed E-state index contributed by atoms with van der Waals surface area (Å²) in [7, 11) is 0. The summed E-state index contributed by atoms with van der Waals surface area (Å²) in [5.41, 5.74) is 3.00. The van der Waals surface area contributed by atoms with Gasteiger partial charge in [-0.3, -0.25) is 9.78 Å². The number of rotatable bonds is 7. The van der Waals surface area contributed by atoms with Gasteiger partial charge in [-0.2, -0.15) is 11.3 Å². The molecule has 3 aromatic rings. The maximum Gasteiger partial charge on any atom is 0.261 e. The predicted molar refractivity (Wildman–Crippen MR) is 99.5 cm³/mol. The predicted octanol–water partition coefficient (Wildman–Crippen LogP) is 4.06. The molecule has 25 heavy (non-hydrogen) atoms. The van der Waals surface area contributed by atoms with E-state index in [1.54, 1.807) is 22.4 Å². The van der Waals surface area contributed by atoms with Gasteiger partial charge in [-0.1, -0.05) is 24.3 Å². The number of benzene rings is 1. The number of hydrogen-bond donors (Lipinski definition) is 0. The number of hydrogen-bond acceptors (Lipinski definition) is 4. The number of nitrogens with zero attached hydrogens (tertiary/aromatic N) is 2. The molecule has 0 bridgehead atoms. The zero-order valence-corrected chi connectivity index (χ0v) is 14.9. The van der Waals surface area contributed by atoms with Crippen molar-refractivity contribution in [2.45, 2.75) is 20.0 Å². The Morgan fingerprint density at radius 1 is 1.12 bits per heavy atom. The van der Waals surface area contributed by atoms with Crippen molar-refractivity contribution in [2.24, 2.45) is 0 Å². The zero-order chi connectivity index (χ0) is 17.5. The summed E-state index contributed by atoms with van der Waals surface area (Å²) in [6, 6.07) is 15.5. The molecule has 2 heterocycles. The number of ether oxygens (including phenoxy) is 1. The number of thiophene rings is 1. The largest absolute Gasteiger partial charge is 0.484 e. The van der Waals surface area contributed by atoms with Crippen molar-refractivity contribution in [1.82, 2.24) is 9.88 Å². The van der Waals surface area contributed by atoms with Crippen LogP contribution >= 0.6 is 11.3 Å². The molecule has 0 radical (unpaired) electrons. The van der Waals surface area contributed by atoms with Crippen LogP contribution in [0.2, 0.25) is 0 Å². The molecule has 0 saturated carbocycles. The second-order valence-electron chi connectivity index (χ2n) is 5.76. The maximum atomic E-state index is 12.7. The lowest BCUT2D eigenvalue weighted by Gasteiger charge is -2.22. The first kappa shape index (κ1) is 17.2. The molecule has 0 spiro atoms. The minimum Gasteiger partial charge on any atom is -0.484 e. The number of amides is 1. The Morgan fingerprint density at radius 3 is 2.68 bits per heavy atom. The summed E-state index contributed by atoms with van der Waals surface area (Å²) in [4.78, 5) is 18.8. The fraction of sp³-hybridized carbons (Fsp3) is 0.200. The van der Waals surface area contributed by atoms with Crippen molar-refractivity contribution in [3.05, 3.63) is 82.3 Å². The van der Waals surface area contributed by atoms with E-state index < -0.39 is 0 Å². The summed E-state index contributed by atoms with van der Waals surface area (Å²) in [6.07, 6.45) is 1.74. The number of aryl methyl sites for hydroxylation is 1. The lowest BCUT2D eigenvalue weighted by molar-refractivity contribution is -0.134. The minimum absolute atomic E-state index is 0.0157. The van der Waals surface area contributed by atoms with Crippen LogP contribution in [0.1, 0.15) is 16.8 Å². The minimum atomic E-state index is -0.0555. The van der Waals surface area contributed by atoms with E-state index in [0.29, 0.717) is 13.1 Å². The van der Waals surface area contributed by atoms with E-state index in [1.807, 2.05) is 60.8 Å². The second kappa shape index (κ2) is 8.44. The molecule has 3 rings (SSSR count). The van der Waals surface area contributed by atoms with Gasteiger partial charge >= 0.3 is 0 Å². The molecule has 5 heteroatoms. The summed E-state index contributed by atoms with van der Waals surface area (Å²) in [5.74, 6) is 0.685. The molecule has 1 amide bonds. The second-order valence-corrected chi connectivity index (χ2v) is 6.54. The Labute approximate surface area is 151 Å². The average molecular weight is 352 g/mol. The van der Waals surface area contributed by atoms with Crippen LogP contribution in [0.3, 0.4) is 0 Å². The molecule has 4 nitrogen and oxygen atoms in total. The van der Waals surface area contributed by atoms with E-state index in [-0.39, 0.29) is 12.5 Å². The van der Waals surface area contributed by atoms with Crippen LogP contribution in [-0.2, 0) is 17.9 Å². The van der Waals surface area contributed by atoms with E-state index in [1.165, 1.54) is 0 Å². The van der Waals surface area contributed by atoms with Crippen LogP contribution in [0.15, 0.2) is 65.5 Å². The van der Waals surface area contributed by atoms with Crippen molar-refractivity contribution >= 4 is 17.2 Å². The first-order chi connectivity index (χ1) is 12.2. The fourth-order valence-corrected chi connectivity index (χ4v) is 3.13. The van der Waals surface area contributed by atoms with Gasteiger partial charge < -0.3 is 9.64 Å². The molecule has 1 aromatic carbocycles. The number of carbonyl (C=O) groups excluding carboxylic acids is 1. The van der Waals surface area contributed by atoms with E-state index in [2.05, 4.69) is 10.4 Å². The first-order valence-electron chi connectivity index (χ1n) is 8.09. The van der Waals surface area contributed by atoms with E-state index in [4.69, 9.17) is 4.74 Å². The SMILES string of the molecule is Cc1ccccc1OCC(=O)N(Cc1ccsc1)Cc1ccccn1. The smallest absolute Gasteiger partial charge is 0.261 e. The van der Waals surface area contributed by atoms with Crippen molar-refractivity contribution in [3.63, 3.8) is 0 Å². The standard InChI is InChI=1S/C20H20N2O2S/c1-16-6-2-3-8-19(16)24-14-20(23)22(12-17-9-11-25-15-17)13-18-7-4-5-10-21-18/h2-11,15H,12-14H2,1H3. The molecule has 0 atom stereocenters. The van der Waals surface area contributed by atoms with Gasteiger partial charge in [0, 0.05) is 12.7 Å². The highest BCUT2D eigenvalue weighted by molar-refractivity contribution is 7.07. The Hall–Kier alpha value is -2.66. The van der Waals surface area contributed by atoms with Gasteiger partial charge in [-0.25, -0.2) is 0 Å². The van der Waals surface area contributed by atoms with E-state index in [0.717, 1.165) is 22.6 Å². The molecule has 0 aliphatic rings. The third kappa shape index (κ3) is 4.90. The highest BCUT2D eigenvalue weighted by Gasteiger charge is 2.16. The maximum absolute atomic E-state index is 12.7. The topological polar surface area (TPSA) is 42.4 Å². The average Bonchev–Trinajstić information content (AvgIpc) is 3.14. The number of aromatic nitrogens is 1. The molecule has 0 unspecified atom stereocenters. The van der Waals surface area contributed by atoms with Gasteiger partial charge in [0.25, 0.3) is 5.91 Å². The fourth-order valence-electron chi connectivity index (χ4n) is 2.47. The Morgan fingerprint density at radius 2 is 1.96 bits per heavy atom. The molecule has 2 aromatic heterocycles. The highest BCUT2D eigenvalue weighted by atomic mass is 32.1. The zero-order valence-electron chi connectivity index (χ0n) is 14.1. The van der Waals surface area contributed by atoms with Crippen LogP contribution in [0, 0.1) is 6.92 Å². The first-order valence-corrected chi connectivity index (χ1v) is 9.04. The van der Waals surface area contributed by atoms with Crippen LogP contribution in [0.25, 0.3) is 0 Å². The lowest BCUT2D eigenvalue weighted by Crippen LogP contribution is -2.34. The quantitative estimate of drug-likeness (QED) is 0.644. The highest BCUT2D eigenvalue weighted by Crippen LogP contribution is 2.17. The van der Waals surface area contributed by atoms with Gasteiger partial charge in [-0.15, -0.1) is 0 Å². The van der Waals surface area contributed by atoms with E-state index in [9.17, 15) is 4.79 Å². The number of para-hydroxylation sites is 1. The molecule has 128 valence electrons. The van der Waals surface area contributed by atoms with Gasteiger partial charge in [0.2, 0.25) is 0 Å². The third-order valence-corrected chi connectivity index (χ3v) is 4.56.